The highest BCUT2D eigenvalue weighted by Gasteiger charge is 2.38. The number of piperidine rings is 1. The van der Waals surface area contributed by atoms with Crippen molar-refractivity contribution in [3.8, 4) is 18.4 Å². The lowest BCUT2D eigenvalue weighted by molar-refractivity contribution is -0.136. The summed E-state index contributed by atoms with van der Waals surface area (Å²) in [5, 5.41) is 11.9. The predicted octanol–water partition coefficient (Wildman–Crippen LogP) is 0.750. The summed E-state index contributed by atoms with van der Waals surface area (Å²) in [5.74, 6) is 2.37. The average Bonchev–Trinajstić information content (AvgIpc) is 2.27. The summed E-state index contributed by atoms with van der Waals surface area (Å²) in [5.41, 5.74) is -0.0857. The van der Waals surface area contributed by atoms with Crippen LogP contribution in [0.3, 0.4) is 0 Å². The van der Waals surface area contributed by atoms with Gasteiger partial charge in [0, 0.05) is 0 Å². The zero-order valence-electron chi connectivity index (χ0n) is 10.5. The minimum absolute atomic E-state index is 0.0529. The Morgan fingerprint density at radius 3 is 2.82 bits per heavy atom. The summed E-state index contributed by atoms with van der Waals surface area (Å²) in [6.45, 7) is 5.23. The number of terminal acetylenes is 1. The van der Waals surface area contributed by atoms with Crippen molar-refractivity contribution >= 4 is 5.91 Å². The fraction of sp³-hybridized carbons (Fsp3) is 0.692. The number of amides is 1. The summed E-state index contributed by atoms with van der Waals surface area (Å²) < 4.78 is 0. The molecule has 0 aromatic rings. The highest BCUT2D eigenvalue weighted by Crippen LogP contribution is 2.30. The standard InChI is InChI=1S/C13H19N3O/c1-4-9-16(10-7-14)12(17)11-13(2,3)6-5-8-15-11/h1,11,15H,5-6,8-10H2,2-3H3. The molecule has 1 rings (SSSR count). The molecule has 0 bridgehead atoms. The zero-order chi connectivity index (χ0) is 12.9. The van der Waals surface area contributed by atoms with Crippen molar-refractivity contribution in [3.05, 3.63) is 0 Å². The van der Waals surface area contributed by atoms with Crippen LogP contribution >= 0.6 is 0 Å². The van der Waals surface area contributed by atoms with Crippen LogP contribution in [-0.4, -0.2) is 36.5 Å². The third-order valence-electron chi connectivity index (χ3n) is 3.23. The van der Waals surface area contributed by atoms with E-state index >= 15 is 0 Å². The van der Waals surface area contributed by atoms with Gasteiger partial charge in [-0.1, -0.05) is 19.8 Å². The molecule has 1 unspecified atom stereocenters. The first-order chi connectivity index (χ1) is 8.03. The zero-order valence-corrected chi connectivity index (χ0v) is 10.5. The second kappa shape index (κ2) is 5.70. The molecule has 1 amide bonds. The smallest absolute Gasteiger partial charge is 0.241 e. The minimum atomic E-state index is -0.238. The first-order valence-electron chi connectivity index (χ1n) is 5.85. The maximum absolute atomic E-state index is 12.3. The van der Waals surface area contributed by atoms with Crippen LogP contribution in [-0.2, 0) is 4.79 Å². The Morgan fingerprint density at radius 2 is 2.29 bits per heavy atom. The molecule has 0 spiro atoms. The molecule has 1 aliphatic rings. The third-order valence-corrected chi connectivity index (χ3v) is 3.23. The molecule has 0 aliphatic carbocycles. The van der Waals surface area contributed by atoms with Crippen LogP contribution in [0.1, 0.15) is 26.7 Å². The number of nitrogens with zero attached hydrogens (tertiary/aromatic N) is 2. The second-order valence-electron chi connectivity index (χ2n) is 5.04. The van der Waals surface area contributed by atoms with Crippen molar-refractivity contribution in [2.45, 2.75) is 32.7 Å². The normalized spacial score (nSPS) is 22.2. The van der Waals surface area contributed by atoms with Gasteiger partial charge < -0.3 is 10.2 Å². The molecule has 4 heteroatoms. The number of carbonyl (C=O) groups excluding carboxylic acids is 1. The molecule has 92 valence electrons. The van der Waals surface area contributed by atoms with Crippen LogP contribution in [0.15, 0.2) is 0 Å². The monoisotopic (exact) mass is 233 g/mol. The van der Waals surface area contributed by atoms with Gasteiger partial charge >= 0.3 is 0 Å². The average molecular weight is 233 g/mol. The Kier molecular flexibility index (Phi) is 4.54. The maximum atomic E-state index is 12.3. The topological polar surface area (TPSA) is 56.1 Å². The lowest BCUT2D eigenvalue weighted by atomic mass is 9.77. The highest BCUT2D eigenvalue weighted by molar-refractivity contribution is 5.83. The van der Waals surface area contributed by atoms with Crippen molar-refractivity contribution in [3.63, 3.8) is 0 Å². The summed E-state index contributed by atoms with van der Waals surface area (Å²) in [6, 6.07) is 1.74. The second-order valence-corrected chi connectivity index (χ2v) is 5.04. The fourth-order valence-corrected chi connectivity index (χ4v) is 2.22. The molecule has 1 fully saturated rings. The van der Waals surface area contributed by atoms with Crippen LogP contribution in [0.5, 0.6) is 0 Å². The molecule has 0 aromatic heterocycles. The van der Waals surface area contributed by atoms with Gasteiger partial charge in [-0.15, -0.1) is 6.42 Å². The van der Waals surface area contributed by atoms with Crippen molar-refractivity contribution in [1.29, 1.82) is 5.26 Å². The van der Waals surface area contributed by atoms with Crippen molar-refractivity contribution < 1.29 is 4.79 Å². The number of nitriles is 1. The Balaban J connectivity index is 2.79. The molecular formula is C13H19N3O. The van der Waals surface area contributed by atoms with E-state index in [4.69, 9.17) is 11.7 Å². The highest BCUT2D eigenvalue weighted by atomic mass is 16.2. The molecule has 1 saturated heterocycles. The van der Waals surface area contributed by atoms with Crippen molar-refractivity contribution in [2.24, 2.45) is 5.41 Å². The van der Waals surface area contributed by atoms with E-state index in [-0.39, 0.29) is 30.5 Å². The Labute approximate surface area is 103 Å². The van der Waals surface area contributed by atoms with Crippen LogP contribution in [0.2, 0.25) is 0 Å². The van der Waals surface area contributed by atoms with Gasteiger partial charge in [0.25, 0.3) is 0 Å². The van der Waals surface area contributed by atoms with E-state index in [9.17, 15) is 4.79 Å². The first-order valence-corrected chi connectivity index (χ1v) is 5.85. The molecule has 1 N–H and O–H groups in total. The summed E-state index contributed by atoms with van der Waals surface area (Å²) >= 11 is 0. The lowest BCUT2D eigenvalue weighted by Gasteiger charge is -2.40. The molecule has 17 heavy (non-hydrogen) atoms. The quantitative estimate of drug-likeness (QED) is 0.578. The van der Waals surface area contributed by atoms with E-state index in [0.717, 1.165) is 19.4 Å². The number of hydrogen-bond donors (Lipinski definition) is 1. The van der Waals surface area contributed by atoms with Gasteiger partial charge in [-0.05, 0) is 24.8 Å². The van der Waals surface area contributed by atoms with Crippen molar-refractivity contribution in [2.75, 3.05) is 19.6 Å². The van der Waals surface area contributed by atoms with E-state index in [1.54, 1.807) is 0 Å². The first kappa shape index (κ1) is 13.5. The number of carbonyl (C=O) groups is 1. The fourth-order valence-electron chi connectivity index (χ4n) is 2.22. The van der Waals surface area contributed by atoms with Gasteiger partial charge in [-0.2, -0.15) is 5.26 Å². The predicted molar refractivity (Wildman–Crippen MR) is 65.8 cm³/mol. The van der Waals surface area contributed by atoms with Gasteiger partial charge in [-0.25, -0.2) is 0 Å². The van der Waals surface area contributed by atoms with Gasteiger partial charge in [-0.3, -0.25) is 4.79 Å². The summed E-state index contributed by atoms with van der Waals surface area (Å²) in [4.78, 5) is 13.7. The molecule has 0 saturated carbocycles. The number of hydrogen-bond acceptors (Lipinski definition) is 3. The third kappa shape index (κ3) is 3.22. The molecule has 0 radical (unpaired) electrons. The number of rotatable bonds is 3. The lowest BCUT2D eigenvalue weighted by Crippen LogP contribution is -2.56. The van der Waals surface area contributed by atoms with Crippen LogP contribution in [0, 0.1) is 29.1 Å². The van der Waals surface area contributed by atoms with Crippen LogP contribution in [0.25, 0.3) is 0 Å². The van der Waals surface area contributed by atoms with Crippen LogP contribution in [0.4, 0.5) is 0 Å². The molecule has 4 nitrogen and oxygen atoms in total. The summed E-state index contributed by atoms with van der Waals surface area (Å²) in [6.07, 6.45) is 7.30. The van der Waals surface area contributed by atoms with Gasteiger partial charge in [0.15, 0.2) is 0 Å². The Morgan fingerprint density at radius 1 is 1.59 bits per heavy atom. The van der Waals surface area contributed by atoms with E-state index in [0.29, 0.717) is 0 Å². The van der Waals surface area contributed by atoms with E-state index in [1.165, 1.54) is 4.90 Å². The Bertz CT molecular complexity index is 346. The molecular weight excluding hydrogens is 214 g/mol. The van der Waals surface area contributed by atoms with Crippen LogP contribution < -0.4 is 5.32 Å². The SMILES string of the molecule is C#CCN(CC#N)C(=O)C1NCCCC1(C)C. The largest absolute Gasteiger partial charge is 0.317 e. The maximum Gasteiger partial charge on any atom is 0.241 e. The molecule has 0 aromatic carbocycles. The summed E-state index contributed by atoms with van der Waals surface area (Å²) in [7, 11) is 0. The Hall–Kier alpha value is -1.52. The number of nitrogens with one attached hydrogen (secondary N) is 1. The van der Waals surface area contributed by atoms with Crippen molar-refractivity contribution in [1.82, 2.24) is 10.2 Å². The minimum Gasteiger partial charge on any atom is -0.317 e. The van der Waals surface area contributed by atoms with E-state index < -0.39 is 0 Å². The van der Waals surface area contributed by atoms with Gasteiger partial charge in [0.05, 0.1) is 18.7 Å². The van der Waals surface area contributed by atoms with Gasteiger partial charge in [0.1, 0.15) is 6.54 Å². The molecule has 1 heterocycles. The molecule has 1 aliphatic heterocycles. The van der Waals surface area contributed by atoms with Gasteiger partial charge in [0.2, 0.25) is 5.91 Å². The molecule has 1 atom stereocenters. The van der Waals surface area contributed by atoms with E-state index in [2.05, 4.69) is 25.1 Å². The van der Waals surface area contributed by atoms with E-state index in [1.807, 2.05) is 6.07 Å².